The van der Waals surface area contributed by atoms with Crippen LogP contribution in [0.15, 0.2) is 5.16 Å². The van der Waals surface area contributed by atoms with Crippen molar-refractivity contribution in [3.63, 3.8) is 0 Å². The number of carbonyl (C=O) groups is 1. The van der Waals surface area contributed by atoms with Crippen LogP contribution in [0.2, 0.25) is 0 Å². The number of hydrogen-bond acceptors (Lipinski definition) is 6. The van der Waals surface area contributed by atoms with Gasteiger partial charge in [-0.25, -0.2) is 13.4 Å². The molecular formula is C13H27N3O2S2. The van der Waals surface area contributed by atoms with Crippen molar-refractivity contribution in [3.8, 4) is 0 Å². The van der Waals surface area contributed by atoms with Crippen molar-refractivity contribution in [2.75, 3.05) is 26.4 Å². The number of rotatable bonds is 9. The first-order chi connectivity index (χ1) is 9.54. The van der Waals surface area contributed by atoms with Gasteiger partial charge >= 0.3 is 6.09 Å². The zero-order chi connectivity index (χ0) is 15.4. The van der Waals surface area contributed by atoms with Gasteiger partial charge in [0.25, 0.3) is 0 Å². The third-order valence-electron chi connectivity index (χ3n) is 2.56. The smallest absolute Gasteiger partial charge is 0.296 e. The number of carbonyl (C=O) groups excluding carboxylic acids is 1. The quantitative estimate of drug-likeness (QED) is 0.209. The van der Waals surface area contributed by atoms with Crippen molar-refractivity contribution >= 4 is 35.0 Å². The first-order valence-electron chi connectivity index (χ1n) is 7.01. The minimum absolute atomic E-state index is 0.443. The lowest BCUT2D eigenvalue weighted by Crippen LogP contribution is -2.28. The minimum Gasteiger partial charge on any atom is -0.296 e. The maximum absolute atomic E-state index is 11.8. The Balaban J connectivity index is 4.26. The third-order valence-corrected chi connectivity index (χ3v) is 4.22. The average Bonchev–Trinajstić information content (AvgIpc) is 2.46. The molecule has 0 aliphatic heterocycles. The van der Waals surface area contributed by atoms with Crippen LogP contribution >= 0.6 is 23.9 Å². The van der Waals surface area contributed by atoms with E-state index in [1.54, 1.807) is 14.0 Å². The number of oxime groups is 1. The fourth-order valence-corrected chi connectivity index (χ4v) is 2.25. The van der Waals surface area contributed by atoms with Gasteiger partial charge in [0.2, 0.25) is 0 Å². The second kappa shape index (κ2) is 12.3. The fourth-order valence-electron chi connectivity index (χ4n) is 1.27. The van der Waals surface area contributed by atoms with Crippen molar-refractivity contribution in [1.29, 1.82) is 0 Å². The van der Waals surface area contributed by atoms with Crippen LogP contribution in [0.3, 0.4) is 0 Å². The van der Waals surface area contributed by atoms with Gasteiger partial charge in [-0.05, 0) is 26.0 Å². The van der Waals surface area contributed by atoms with Gasteiger partial charge in [-0.1, -0.05) is 31.8 Å². The summed E-state index contributed by atoms with van der Waals surface area (Å²) < 4.78 is 3.70. The number of unbranched alkanes of at least 4 members (excludes halogenated alkanes) is 2. The van der Waals surface area contributed by atoms with E-state index in [9.17, 15) is 4.79 Å². The fraction of sp³-hybridized carbons (Fsp3) is 0.846. The molecule has 0 aromatic heterocycles. The zero-order valence-corrected chi connectivity index (χ0v) is 14.9. The molecule has 0 aromatic carbocycles. The summed E-state index contributed by atoms with van der Waals surface area (Å²) >= 11 is 2.86. The number of thioether (sulfide) groups is 1. The first-order valence-corrected chi connectivity index (χ1v) is 8.96. The zero-order valence-electron chi connectivity index (χ0n) is 13.2. The molecule has 118 valence electrons. The Hall–Kier alpha value is -0.400. The maximum Gasteiger partial charge on any atom is 0.446 e. The van der Waals surface area contributed by atoms with Crippen molar-refractivity contribution in [2.24, 2.45) is 5.16 Å². The lowest BCUT2D eigenvalue weighted by Gasteiger charge is -2.24. The molecule has 1 amide bonds. The Kier molecular flexibility index (Phi) is 12.1. The molecule has 0 unspecified atom stereocenters. The van der Waals surface area contributed by atoms with Crippen LogP contribution in [0.25, 0.3) is 0 Å². The molecule has 0 radical (unpaired) electrons. The SMILES string of the molecule is CCCCN(CCCC)SN(C)C(=O)ON=C(C)SC. The summed E-state index contributed by atoms with van der Waals surface area (Å²) in [5, 5.41) is 4.48. The summed E-state index contributed by atoms with van der Waals surface area (Å²) in [5.74, 6) is 0. The molecule has 7 heteroatoms. The molecule has 0 fully saturated rings. The lowest BCUT2D eigenvalue weighted by molar-refractivity contribution is 0.136. The highest BCUT2D eigenvalue weighted by Crippen LogP contribution is 2.17. The van der Waals surface area contributed by atoms with Gasteiger partial charge in [0.05, 0.1) is 0 Å². The lowest BCUT2D eigenvalue weighted by atomic mass is 10.3. The molecule has 0 N–H and O–H groups in total. The van der Waals surface area contributed by atoms with E-state index in [1.807, 2.05) is 6.26 Å². The van der Waals surface area contributed by atoms with Crippen LogP contribution in [0, 0.1) is 0 Å². The van der Waals surface area contributed by atoms with Crippen molar-refractivity contribution in [2.45, 2.75) is 46.5 Å². The summed E-state index contributed by atoms with van der Waals surface area (Å²) in [5.41, 5.74) is 0. The molecule has 0 bridgehead atoms. The van der Waals surface area contributed by atoms with E-state index in [0.29, 0.717) is 0 Å². The summed E-state index contributed by atoms with van der Waals surface area (Å²) in [6.45, 7) is 8.10. The highest BCUT2D eigenvalue weighted by atomic mass is 32.2. The van der Waals surface area contributed by atoms with E-state index in [4.69, 9.17) is 4.84 Å². The summed E-state index contributed by atoms with van der Waals surface area (Å²) in [4.78, 5) is 16.7. The van der Waals surface area contributed by atoms with Crippen LogP contribution in [-0.2, 0) is 4.84 Å². The Morgan fingerprint density at radius 1 is 1.20 bits per heavy atom. The van der Waals surface area contributed by atoms with E-state index >= 15 is 0 Å². The predicted molar refractivity (Wildman–Crippen MR) is 89.8 cm³/mol. The van der Waals surface area contributed by atoms with Crippen LogP contribution in [0.1, 0.15) is 46.5 Å². The molecule has 0 spiro atoms. The van der Waals surface area contributed by atoms with Gasteiger partial charge < -0.3 is 0 Å². The van der Waals surface area contributed by atoms with Gasteiger partial charge in [-0.2, -0.15) is 0 Å². The van der Waals surface area contributed by atoms with Gasteiger partial charge in [-0.3, -0.25) is 4.84 Å². The standard InChI is InChI=1S/C13H27N3O2S2/c1-6-8-10-16(11-9-7-2)20-15(4)13(17)18-14-12(3)19-5/h6-11H2,1-5H3. The Bertz CT molecular complexity index is 293. The van der Waals surface area contributed by atoms with E-state index in [0.717, 1.165) is 43.8 Å². The normalized spacial score (nSPS) is 11.8. The largest absolute Gasteiger partial charge is 0.446 e. The van der Waals surface area contributed by atoms with E-state index in [-0.39, 0.29) is 0 Å². The Morgan fingerprint density at radius 2 is 1.75 bits per heavy atom. The van der Waals surface area contributed by atoms with Crippen molar-refractivity contribution in [3.05, 3.63) is 0 Å². The molecular weight excluding hydrogens is 294 g/mol. The summed E-state index contributed by atoms with van der Waals surface area (Å²) in [7, 11) is 1.71. The maximum atomic E-state index is 11.8. The first kappa shape index (κ1) is 19.6. The highest BCUT2D eigenvalue weighted by molar-refractivity contribution is 8.13. The molecule has 0 rings (SSSR count). The summed E-state index contributed by atoms with van der Waals surface area (Å²) in [6.07, 6.45) is 6.00. The average molecular weight is 322 g/mol. The second-order valence-corrected chi connectivity index (χ2v) is 6.61. The number of amides is 1. The summed E-state index contributed by atoms with van der Waals surface area (Å²) in [6, 6.07) is 0. The Morgan fingerprint density at radius 3 is 2.20 bits per heavy atom. The molecule has 0 heterocycles. The van der Waals surface area contributed by atoms with E-state index < -0.39 is 6.09 Å². The molecule has 5 nitrogen and oxygen atoms in total. The monoisotopic (exact) mass is 321 g/mol. The predicted octanol–water partition coefficient (Wildman–Crippen LogP) is 4.22. The van der Waals surface area contributed by atoms with Crippen LogP contribution in [0.5, 0.6) is 0 Å². The molecule has 0 atom stereocenters. The number of hydrogen-bond donors (Lipinski definition) is 0. The van der Waals surface area contributed by atoms with Crippen LogP contribution < -0.4 is 0 Å². The van der Waals surface area contributed by atoms with Gasteiger partial charge in [-0.15, -0.1) is 11.8 Å². The van der Waals surface area contributed by atoms with Gasteiger partial charge in [0.15, 0.2) is 0 Å². The Labute approximate surface area is 131 Å². The van der Waals surface area contributed by atoms with E-state index in [1.165, 1.54) is 28.2 Å². The number of nitrogens with zero attached hydrogens (tertiary/aromatic N) is 3. The highest BCUT2D eigenvalue weighted by Gasteiger charge is 2.16. The van der Waals surface area contributed by atoms with Crippen LogP contribution in [-0.4, -0.2) is 46.1 Å². The molecule has 0 aliphatic rings. The minimum atomic E-state index is -0.443. The molecule has 0 saturated heterocycles. The molecule has 20 heavy (non-hydrogen) atoms. The van der Waals surface area contributed by atoms with Crippen LogP contribution in [0.4, 0.5) is 4.79 Å². The second-order valence-electron chi connectivity index (χ2n) is 4.39. The van der Waals surface area contributed by atoms with E-state index in [2.05, 4.69) is 23.3 Å². The van der Waals surface area contributed by atoms with Gasteiger partial charge in [0, 0.05) is 32.3 Å². The molecule has 0 saturated carbocycles. The van der Waals surface area contributed by atoms with Gasteiger partial charge in [0.1, 0.15) is 5.04 Å². The van der Waals surface area contributed by atoms with Crippen molar-refractivity contribution in [1.82, 2.24) is 8.61 Å². The third kappa shape index (κ3) is 9.50. The topological polar surface area (TPSA) is 45.1 Å². The van der Waals surface area contributed by atoms with Crippen molar-refractivity contribution < 1.29 is 9.63 Å². The molecule has 0 aromatic rings. The molecule has 0 aliphatic carbocycles.